The molecule has 0 saturated carbocycles. The van der Waals surface area contributed by atoms with Crippen LogP contribution in [0, 0.1) is 31.8 Å². The van der Waals surface area contributed by atoms with Crippen LogP contribution in [0.4, 0.5) is 28.4 Å². The standard InChI is InChI=1S/C48H38N10O17/c1-21-31(20-49)40(62)58(42(64)35(21)54-52-32-16-23(44(66)67)8-10-25(32)46(70)71)15-14-57-38(60)28-18-27(30(48(74)75)19-29(28)39(57)61)37(59)51-12-6-4-5-7-13-56-41(63)34(50-3)22(2)36(43(56)65)55-53-33-17-24(45(68)69)9-11-26(33)47(72)73/h8-11,16-19,62-63H,4-7,12-15H2,1-2H3,(H,51,59)(H,66,67)(H,68,69)(H,70,71)(H,72,73)(H,74,75). The van der Waals surface area contributed by atoms with E-state index in [0.29, 0.717) is 22.3 Å². The number of benzene rings is 3. The summed E-state index contributed by atoms with van der Waals surface area (Å²) in [6.45, 7) is 8.57. The molecular weight excluding hydrogens is 989 g/mol. The van der Waals surface area contributed by atoms with Crippen LogP contribution < -0.4 is 16.4 Å². The molecule has 8 N–H and O–H groups in total. The first-order valence-corrected chi connectivity index (χ1v) is 21.8. The lowest BCUT2D eigenvalue weighted by Crippen LogP contribution is -2.35. The van der Waals surface area contributed by atoms with Gasteiger partial charge in [-0.25, -0.2) is 28.8 Å². The molecule has 3 aromatic carbocycles. The summed E-state index contributed by atoms with van der Waals surface area (Å²) in [5.74, 6) is -12.0. The number of nitrogens with one attached hydrogen (secondary N) is 1. The van der Waals surface area contributed by atoms with E-state index in [1.807, 2.05) is 0 Å². The number of carbonyl (C=O) groups excluding carboxylic acids is 3. The molecule has 0 atom stereocenters. The van der Waals surface area contributed by atoms with E-state index in [0.717, 1.165) is 53.1 Å². The highest BCUT2D eigenvalue weighted by Gasteiger charge is 2.38. The lowest BCUT2D eigenvalue weighted by atomic mass is 9.99. The highest BCUT2D eigenvalue weighted by molar-refractivity contribution is 6.23. The zero-order chi connectivity index (χ0) is 55.2. The number of aromatic nitrogens is 2. The number of fused-ring (bicyclic) bond motifs is 1. The molecule has 1 aliphatic rings. The Kier molecular flexibility index (Phi) is 15.8. The number of hydrogen-bond donors (Lipinski definition) is 8. The molecule has 0 unspecified atom stereocenters. The number of rotatable bonds is 20. The Morgan fingerprint density at radius 2 is 1.08 bits per heavy atom. The number of carboxylic acids is 5. The second kappa shape index (κ2) is 22.2. The van der Waals surface area contributed by atoms with E-state index in [1.165, 1.54) is 13.8 Å². The molecule has 5 aromatic rings. The van der Waals surface area contributed by atoms with E-state index in [-0.39, 0.29) is 65.1 Å². The maximum atomic E-state index is 13.7. The average molecular weight is 1030 g/mol. The molecule has 27 nitrogen and oxygen atoms in total. The van der Waals surface area contributed by atoms with Gasteiger partial charge in [-0.1, -0.05) is 12.8 Å². The molecule has 75 heavy (non-hydrogen) atoms. The number of hydrogen-bond acceptors (Lipinski definition) is 17. The van der Waals surface area contributed by atoms with Crippen LogP contribution in [0.3, 0.4) is 0 Å². The van der Waals surface area contributed by atoms with Crippen LogP contribution in [0.15, 0.2) is 78.6 Å². The molecule has 27 heteroatoms. The van der Waals surface area contributed by atoms with E-state index in [1.54, 1.807) is 6.07 Å². The first-order valence-electron chi connectivity index (χ1n) is 21.8. The van der Waals surface area contributed by atoms with E-state index < -0.39 is 134 Å². The van der Waals surface area contributed by atoms with Gasteiger partial charge < -0.3 is 41.1 Å². The molecule has 0 saturated heterocycles. The summed E-state index contributed by atoms with van der Waals surface area (Å²) in [6, 6.07) is 9.24. The first kappa shape index (κ1) is 53.6. The van der Waals surface area contributed by atoms with Gasteiger partial charge in [0.25, 0.3) is 28.8 Å². The predicted molar refractivity (Wildman–Crippen MR) is 254 cm³/mol. The van der Waals surface area contributed by atoms with Crippen molar-refractivity contribution in [1.29, 1.82) is 5.26 Å². The molecule has 2 aromatic heterocycles. The molecular formula is C48H38N10O17. The molecule has 3 heterocycles. The SMILES string of the molecule is [C-]#[N+]c1c(C)c(N=Nc2cc(C(=O)O)ccc2C(=O)O)c(=O)n(CCCCCCNC(=O)c2cc3c(cc2C(=O)O)C(=O)N(CCn2c(O)c(C#N)c(C)c(N=Nc4cc(C(=O)O)ccc4C(=O)O)c2=O)C3=O)c1O. The van der Waals surface area contributed by atoms with Crippen molar-refractivity contribution < 1.29 is 74.1 Å². The van der Waals surface area contributed by atoms with Crippen LogP contribution in [-0.4, -0.2) is 110 Å². The molecule has 0 fully saturated rings. The number of pyridine rings is 2. The van der Waals surface area contributed by atoms with Gasteiger partial charge >= 0.3 is 29.8 Å². The largest absolute Gasteiger partial charge is 0.503 e. The summed E-state index contributed by atoms with van der Waals surface area (Å²) in [7, 11) is 0. The number of azo groups is 2. The van der Waals surface area contributed by atoms with Crippen molar-refractivity contribution in [3.63, 3.8) is 0 Å². The minimum absolute atomic E-state index is 0.0337. The molecule has 6 rings (SSSR count). The lowest BCUT2D eigenvalue weighted by molar-refractivity contribution is 0.0640. The number of nitrogens with zero attached hydrogens (tertiary/aromatic N) is 9. The first-order chi connectivity index (χ1) is 35.5. The fraction of sp³-hybridized carbons (Fsp3) is 0.208. The van der Waals surface area contributed by atoms with Gasteiger partial charge in [0.1, 0.15) is 28.7 Å². The summed E-state index contributed by atoms with van der Waals surface area (Å²) >= 11 is 0. The summed E-state index contributed by atoms with van der Waals surface area (Å²) in [5, 5.41) is 97.1. The van der Waals surface area contributed by atoms with Crippen molar-refractivity contribution in [2.75, 3.05) is 13.1 Å². The van der Waals surface area contributed by atoms with Gasteiger partial charge in [-0.15, -0.1) is 20.5 Å². The second-order valence-corrected chi connectivity index (χ2v) is 16.2. The number of carbonyl (C=O) groups is 8. The Morgan fingerprint density at radius 1 is 0.600 bits per heavy atom. The summed E-state index contributed by atoms with van der Waals surface area (Å²) in [5.41, 5.74) is -8.53. The van der Waals surface area contributed by atoms with Crippen LogP contribution in [0.25, 0.3) is 4.85 Å². The second-order valence-electron chi connectivity index (χ2n) is 16.2. The smallest absolute Gasteiger partial charge is 0.337 e. The number of carboxylic acid groups (broad SMARTS) is 5. The lowest BCUT2D eigenvalue weighted by Gasteiger charge is -2.17. The Bertz CT molecular complexity index is 3620. The monoisotopic (exact) mass is 1030 g/mol. The van der Waals surface area contributed by atoms with Gasteiger partial charge in [0.15, 0.2) is 11.6 Å². The third-order valence-corrected chi connectivity index (χ3v) is 11.7. The Hall–Kier alpha value is -10.7. The molecule has 0 radical (unpaired) electrons. The van der Waals surface area contributed by atoms with Crippen LogP contribution in [-0.2, 0) is 13.1 Å². The maximum absolute atomic E-state index is 13.7. The summed E-state index contributed by atoms with van der Waals surface area (Å²) < 4.78 is 1.45. The van der Waals surface area contributed by atoms with E-state index in [2.05, 4.69) is 30.6 Å². The topological polar surface area (TPSA) is 415 Å². The minimum Gasteiger partial charge on any atom is -0.503 e. The molecule has 0 aliphatic carbocycles. The van der Waals surface area contributed by atoms with Gasteiger partial charge in [-0.3, -0.25) is 38.0 Å². The summed E-state index contributed by atoms with van der Waals surface area (Å²) in [6.07, 6.45) is 1.29. The van der Waals surface area contributed by atoms with E-state index in [9.17, 15) is 89.0 Å². The van der Waals surface area contributed by atoms with Gasteiger partial charge in [0, 0.05) is 31.7 Å². The van der Waals surface area contributed by atoms with Crippen molar-refractivity contribution in [1.82, 2.24) is 19.4 Å². The zero-order valence-corrected chi connectivity index (χ0v) is 39.0. The van der Waals surface area contributed by atoms with Gasteiger partial charge in [0.05, 0.1) is 51.1 Å². The Balaban J connectivity index is 1.12. The predicted octanol–water partition coefficient (Wildman–Crippen LogP) is 6.07. The number of imide groups is 1. The Morgan fingerprint density at radius 3 is 1.56 bits per heavy atom. The third-order valence-electron chi connectivity index (χ3n) is 11.7. The van der Waals surface area contributed by atoms with Crippen molar-refractivity contribution in [2.24, 2.45) is 20.5 Å². The molecule has 0 bridgehead atoms. The average Bonchev–Trinajstić information content (AvgIpc) is 3.60. The van der Waals surface area contributed by atoms with Gasteiger partial charge in [0.2, 0.25) is 11.6 Å². The van der Waals surface area contributed by atoms with Crippen LogP contribution in [0.1, 0.15) is 125 Å². The fourth-order valence-electron chi connectivity index (χ4n) is 7.73. The summed E-state index contributed by atoms with van der Waals surface area (Å²) in [4.78, 5) is 130. The molecule has 0 spiro atoms. The van der Waals surface area contributed by atoms with Crippen molar-refractivity contribution >= 4 is 76.0 Å². The maximum Gasteiger partial charge on any atom is 0.337 e. The van der Waals surface area contributed by atoms with Crippen LogP contribution >= 0.6 is 0 Å². The zero-order valence-electron chi connectivity index (χ0n) is 39.0. The highest BCUT2D eigenvalue weighted by Crippen LogP contribution is 2.36. The third kappa shape index (κ3) is 10.8. The number of nitriles is 1. The van der Waals surface area contributed by atoms with Gasteiger partial charge in [-0.05, 0) is 80.8 Å². The fourth-order valence-corrected chi connectivity index (χ4v) is 7.73. The number of aromatic carboxylic acids is 5. The van der Waals surface area contributed by atoms with Crippen LogP contribution in [0.5, 0.6) is 11.8 Å². The van der Waals surface area contributed by atoms with Crippen molar-refractivity contribution in [3.8, 4) is 17.8 Å². The van der Waals surface area contributed by atoms with Crippen molar-refractivity contribution in [3.05, 3.63) is 142 Å². The number of unbranched alkanes of at least 4 members (excludes halogenated alkanes) is 3. The Labute approximate surface area is 419 Å². The number of aromatic hydroxyl groups is 2. The molecule has 1 aliphatic heterocycles. The normalized spacial score (nSPS) is 11.9. The van der Waals surface area contributed by atoms with Crippen LogP contribution in [0.2, 0.25) is 0 Å². The minimum atomic E-state index is -1.63. The van der Waals surface area contributed by atoms with Crippen molar-refractivity contribution in [2.45, 2.75) is 52.6 Å². The van der Waals surface area contributed by atoms with Gasteiger partial charge in [-0.2, -0.15) is 5.26 Å². The number of amides is 3. The van der Waals surface area contributed by atoms with E-state index >= 15 is 0 Å². The molecule has 382 valence electrons. The quantitative estimate of drug-likeness (QED) is 0.0190. The molecule has 3 amide bonds. The van der Waals surface area contributed by atoms with E-state index in [4.69, 9.17) is 6.57 Å². The highest BCUT2D eigenvalue weighted by atomic mass is 16.4.